The van der Waals surface area contributed by atoms with E-state index in [0.29, 0.717) is 19.0 Å². The number of carbonyl (C=O) groups excluding carboxylic acids is 1. The van der Waals surface area contributed by atoms with E-state index in [2.05, 4.69) is 11.6 Å². The average Bonchev–Trinajstić information content (AvgIpc) is 3.28. The van der Waals surface area contributed by atoms with Gasteiger partial charge in [-0.05, 0) is 46.1 Å². The topological polar surface area (TPSA) is 46.1 Å². The van der Waals surface area contributed by atoms with Crippen LogP contribution in [0.15, 0.2) is 12.2 Å². The molecule has 0 spiro atoms. The third kappa shape index (κ3) is 3.02. The zero-order chi connectivity index (χ0) is 16.7. The Labute approximate surface area is 141 Å². The number of likely N-dealkylation sites (N-methyl/N-ethyl adjacent to an activating group) is 1. The van der Waals surface area contributed by atoms with Gasteiger partial charge in [-0.2, -0.15) is 0 Å². The molecule has 0 aromatic carbocycles. The fraction of sp³-hybridized carbons (Fsp3) is 0.500. The molecule has 0 N–H and O–H groups in total. The summed E-state index contributed by atoms with van der Waals surface area (Å²) >= 11 is 1.50. The molecular formula is C18H23N3OS. The normalized spacial score (nSPS) is 14.3. The van der Waals surface area contributed by atoms with Crippen molar-refractivity contribution < 1.29 is 4.79 Å². The van der Waals surface area contributed by atoms with Crippen molar-refractivity contribution in [2.45, 2.75) is 46.5 Å². The molecule has 2 aromatic heterocycles. The van der Waals surface area contributed by atoms with E-state index in [4.69, 9.17) is 4.98 Å². The lowest BCUT2D eigenvalue weighted by Crippen LogP contribution is -2.31. The highest BCUT2D eigenvalue weighted by atomic mass is 32.1. The summed E-state index contributed by atoms with van der Waals surface area (Å²) in [5.41, 5.74) is 2.99. The number of carbonyl (C=O) groups is 1. The van der Waals surface area contributed by atoms with Crippen LogP contribution in [0.4, 0.5) is 0 Å². The molecule has 1 aliphatic carbocycles. The van der Waals surface area contributed by atoms with Crippen LogP contribution in [0.1, 0.15) is 59.4 Å². The van der Waals surface area contributed by atoms with Crippen molar-refractivity contribution >= 4 is 27.5 Å². The van der Waals surface area contributed by atoms with Gasteiger partial charge < -0.3 is 4.90 Å². The van der Waals surface area contributed by atoms with E-state index in [1.807, 2.05) is 32.6 Å². The Balaban J connectivity index is 2.04. The van der Waals surface area contributed by atoms with Crippen molar-refractivity contribution in [1.29, 1.82) is 0 Å². The molecule has 1 fully saturated rings. The van der Waals surface area contributed by atoms with Crippen LogP contribution in [0.25, 0.3) is 10.2 Å². The van der Waals surface area contributed by atoms with Gasteiger partial charge in [0.15, 0.2) is 0 Å². The van der Waals surface area contributed by atoms with Crippen LogP contribution < -0.4 is 0 Å². The lowest BCUT2D eigenvalue weighted by molar-refractivity contribution is 0.0782. The predicted molar refractivity (Wildman–Crippen MR) is 95.3 cm³/mol. The molecule has 1 saturated carbocycles. The highest BCUT2D eigenvalue weighted by Crippen LogP contribution is 2.40. The van der Waals surface area contributed by atoms with Crippen molar-refractivity contribution in [3.05, 3.63) is 34.1 Å². The number of fused-ring (bicyclic) bond motifs is 1. The van der Waals surface area contributed by atoms with Gasteiger partial charge in [0.25, 0.3) is 5.91 Å². The zero-order valence-corrected chi connectivity index (χ0v) is 15.1. The largest absolute Gasteiger partial charge is 0.334 e. The second-order valence-electron chi connectivity index (χ2n) is 6.45. The minimum absolute atomic E-state index is 0.0726. The Morgan fingerprint density at radius 3 is 2.61 bits per heavy atom. The van der Waals surface area contributed by atoms with Gasteiger partial charge >= 0.3 is 0 Å². The molecule has 23 heavy (non-hydrogen) atoms. The number of thiophene rings is 1. The molecule has 1 aliphatic rings. The SMILES string of the molecule is C=C(C)CN(CC)C(=O)c1sc2nc(C3CC3)nc(C)c2c1C. The fourth-order valence-electron chi connectivity index (χ4n) is 2.88. The van der Waals surface area contributed by atoms with E-state index in [1.165, 1.54) is 24.2 Å². The quantitative estimate of drug-likeness (QED) is 0.771. The summed E-state index contributed by atoms with van der Waals surface area (Å²) < 4.78 is 0. The molecule has 1 amide bonds. The van der Waals surface area contributed by atoms with Crippen molar-refractivity contribution in [2.75, 3.05) is 13.1 Å². The van der Waals surface area contributed by atoms with E-state index in [9.17, 15) is 4.79 Å². The Kier molecular flexibility index (Phi) is 4.23. The average molecular weight is 329 g/mol. The summed E-state index contributed by atoms with van der Waals surface area (Å²) in [6.45, 7) is 13.2. The molecule has 122 valence electrons. The molecule has 0 unspecified atom stereocenters. The van der Waals surface area contributed by atoms with Crippen LogP contribution in [0, 0.1) is 13.8 Å². The highest BCUT2D eigenvalue weighted by molar-refractivity contribution is 7.20. The van der Waals surface area contributed by atoms with Crippen LogP contribution in [0.2, 0.25) is 0 Å². The smallest absolute Gasteiger partial charge is 0.264 e. The molecule has 0 atom stereocenters. The van der Waals surface area contributed by atoms with Gasteiger partial charge in [-0.25, -0.2) is 9.97 Å². The Bertz CT molecular complexity index is 789. The summed E-state index contributed by atoms with van der Waals surface area (Å²) in [6.07, 6.45) is 2.37. The summed E-state index contributed by atoms with van der Waals surface area (Å²) in [6, 6.07) is 0. The maximum Gasteiger partial charge on any atom is 0.264 e. The van der Waals surface area contributed by atoms with Crippen molar-refractivity contribution in [1.82, 2.24) is 14.9 Å². The lowest BCUT2D eigenvalue weighted by atomic mass is 10.1. The van der Waals surface area contributed by atoms with Gasteiger partial charge in [0.05, 0.1) is 10.6 Å². The molecule has 0 bridgehead atoms. The number of rotatable bonds is 5. The van der Waals surface area contributed by atoms with E-state index in [0.717, 1.165) is 37.7 Å². The Morgan fingerprint density at radius 2 is 2.04 bits per heavy atom. The fourth-order valence-corrected chi connectivity index (χ4v) is 4.09. The van der Waals surface area contributed by atoms with E-state index in [-0.39, 0.29) is 5.91 Å². The number of hydrogen-bond donors (Lipinski definition) is 0. The van der Waals surface area contributed by atoms with Gasteiger partial charge in [-0.15, -0.1) is 11.3 Å². The third-order valence-electron chi connectivity index (χ3n) is 4.25. The first-order chi connectivity index (χ1) is 10.9. The number of hydrogen-bond acceptors (Lipinski definition) is 4. The Morgan fingerprint density at radius 1 is 1.35 bits per heavy atom. The highest BCUT2D eigenvalue weighted by Gasteiger charge is 2.29. The molecular weight excluding hydrogens is 306 g/mol. The molecule has 0 radical (unpaired) electrons. The minimum atomic E-state index is 0.0726. The Hall–Kier alpha value is -1.75. The van der Waals surface area contributed by atoms with Crippen molar-refractivity contribution in [3.8, 4) is 0 Å². The van der Waals surface area contributed by atoms with Crippen LogP contribution in [0.5, 0.6) is 0 Å². The summed E-state index contributed by atoms with van der Waals surface area (Å²) in [5.74, 6) is 1.54. The standard InChI is InChI=1S/C18H23N3OS/c1-6-21(9-10(2)3)18(22)15-11(4)14-12(5)19-16(13-7-8-13)20-17(14)23-15/h13H,2,6-9H2,1,3-5H3. The third-order valence-corrected chi connectivity index (χ3v) is 5.43. The van der Waals surface area contributed by atoms with Crippen LogP contribution in [-0.2, 0) is 0 Å². The molecule has 2 heterocycles. The number of amides is 1. The molecule has 0 saturated heterocycles. The van der Waals surface area contributed by atoms with Gasteiger partial charge in [0.2, 0.25) is 0 Å². The lowest BCUT2D eigenvalue weighted by Gasteiger charge is -2.20. The maximum absolute atomic E-state index is 12.9. The predicted octanol–water partition coefficient (Wildman–Crippen LogP) is 4.22. The number of nitrogens with zero attached hydrogens (tertiary/aromatic N) is 3. The molecule has 3 rings (SSSR count). The van der Waals surface area contributed by atoms with Crippen LogP contribution >= 0.6 is 11.3 Å². The van der Waals surface area contributed by atoms with Crippen LogP contribution in [0.3, 0.4) is 0 Å². The molecule has 5 heteroatoms. The second kappa shape index (κ2) is 6.04. The van der Waals surface area contributed by atoms with Gasteiger partial charge in [-0.3, -0.25) is 4.79 Å². The first kappa shape index (κ1) is 16.1. The first-order valence-electron chi connectivity index (χ1n) is 8.13. The van der Waals surface area contributed by atoms with Gasteiger partial charge in [-0.1, -0.05) is 12.2 Å². The second-order valence-corrected chi connectivity index (χ2v) is 7.45. The van der Waals surface area contributed by atoms with E-state index < -0.39 is 0 Å². The number of aryl methyl sites for hydroxylation is 2. The maximum atomic E-state index is 12.9. The van der Waals surface area contributed by atoms with E-state index >= 15 is 0 Å². The first-order valence-corrected chi connectivity index (χ1v) is 8.95. The van der Waals surface area contributed by atoms with Crippen molar-refractivity contribution in [2.24, 2.45) is 0 Å². The molecule has 4 nitrogen and oxygen atoms in total. The van der Waals surface area contributed by atoms with Gasteiger partial charge in [0.1, 0.15) is 10.7 Å². The van der Waals surface area contributed by atoms with Gasteiger partial charge in [0, 0.05) is 24.4 Å². The summed E-state index contributed by atoms with van der Waals surface area (Å²) in [5, 5.41) is 1.05. The van der Waals surface area contributed by atoms with Crippen LogP contribution in [-0.4, -0.2) is 33.9 Å². The zero-order valence-electron chi connectivity index (χ0n) is 14.3. The van der Waals surface area contributed by atoms with E-state index in [1.54, 1.807) is 0 Å². The molecule has 2 aromatic rings. The minimum Gasteiger partial charge on any atom is -0.334 e. The monoisotopic (exact) mass is 329 g/mol. The van der Waals surface area contributed by atoms with Crippen molar-refractivity contribution in [3.63, 3.8) is 0 Å². The number of aromatic nitrogens is 2. The summed E-state index contributed by atoms with van der Waals surface area (Å²) in [7, 11) is 0. The molecule has 0 aliphatic heterocycles. The summed E-state index contributed by atoms with van der Waals surface area (Å²) in [4.78, 5) is 25.9.